The van der Waals surface area contributed by atoms with Crippen LogP contribution in [0.4, 0.5) is 8.78 Å². The molecule has 21 nitrogen and oxygen atoms in total. The lowest BCUT2D eigenvalue weighted by Gasteiger charge is -2.10. The molecule has 1 saturated carbocycles. The molecule has 5 aromatic rings. The minimum absolute atomic E-state index is 0.00857. The van der Waals surface area contributed by atoms with E-state index in [1.165, 1.54) is 6.07 Å². The smallest absolute Gasteiger partial charge is 0.335 e. The lowest BCUT2D eigenvalue weighted by molar-refractivity contribution is -0.137. The molecule has 1 fully saturated rings. The van der Waals surface area contributed by atoms with Crippen LogP contribution in [0, 0.1) is 47.4 Å². The number of hydrogen-bond acceptors (Lipinski definition) is 11. The molecule has 23 heteroatoms. The van der Waals surface area contributed by atoms with Gasteiger partial charge in [0, 0.05) is 184 Å². The number of halogens is 2. The van der Waals surface area contributed by atoms with Crippen molar-refractivity contribution >= 4 is 65.3 Å². The minimum atomic E-state index is -0.958. The van der Waals surface area contributed by atoms with E-state index in [9.17, 15) is 56.7 Å². The van der Waals surface area contributed by atoms with E-state index >= 15 is 0 Å². The molecule has 0 bridgehead atoms. The third kappa shape index (κ3) is 43.5. The van der Waals surface area contributed by atoms with Crippen LogP contribution in [0.15, 0.2) is 127 Å². The number of hydrogen-bond donors (Lipinski definition) is 7. The second-order valence-corrected chi connectivity index (χ2v) is 25.3. The van der Waals surface area contributed by atoms with Crippen LogP contribution in [0.2, 0.25) is 0 Å². The van der Waals surface area contributed by atoms with Crippen molar-refractivity contribution in [2.75, 3.05) is 89.4 Å². The molecular weight excluding hydrogens is 1370 g/mol. The molecule has 0 heterocycles. The second-order valence-electron chi connectivity index (χ2n) is 25.3. The number of rotatable bonds is 30. The molecule has 0 spiro atoms. The molecule has 0 radical (unpaired) electrons. The SMILES string of the molecule is CC(CO)NC(=O)c1cccc(C#CCCCCC(=O)O)c1.CN(C)C(=O)CCC/C=C\c1cccc(C(=O)NCCF)c1.CN(C)C(=O)CCCC#Cc1cccc(C(=O)NC2CC2)c1.CN(C)C(=O)CCCC#Cc1cccc(C(=O)NCCF)c1.CN(C)C(=O)CCCC#Cc1cccc(C(=O)O)c1. The Labute approximate surface area is 629 Å². The quantitative estimate of drug-likeness (QED) is 0.0166. The minimum Gasteiger partial charge on any atom is -0.481 e. The number of carbonyl (C=O) groups excluding carboxylic acids is 8. The Kier molecular flexibility index (Phi) is 46.5. The van der Waals surface area contributed by atoms with Crippen molar-refractivity contribution in [2.24, 2.45) is 0 Å². The molecular formula is C84H104F2N8O13. The fourth-order valence-corrected chi connectivity index (χ4v) is 8.72. The molecule has 0 aromatic heterocycles. The summed E-state index contributed by atoms with van der Waals surface area (Å²) < 4.78 is 24.1. The molecule has 5 aromatic carbocycles. The summed E-state index contributed by atoms with van der Waals surface area (Å²) in [6, 6.07) is 34.9. The van der Waals surface area contributed by atoms with Gasteiger partial charge in [-0.3, -0.25) is 43.2 Å². The highest BCUT2D eigenvalue weighted by molar-refractivity contribution is 5.96. The van der Waals surface area contributed by atoms with Crippen LogP contribution in [0.25, 0.3) is 6.08 Å². The average Bonchev–Trinajstić information content (AvgIpc) is 1.44. The number of amides is 8. The normalized spacial score (nSPS) is 10.8. The van der Waals surface area contributed by atoms with Crippen molar-refractivity contribution in [3.05, 3.63) is 183 Å². The molecule has 1 atom stereocenters. The summed E-state index contributed by atoms with van der Waals surface area (Å²) >= 11 is 0. The van der Waals surface area contributed by atoms with Gasteiger partial charge in [-0.25, -0.2) is 13.6 Å². The molecule has 8 amide bonds. The predicted octanol–water partition coefficient (Wildman–Crippen LogP) is 10.6. The van der Waals surface area contributed by atoms with Gasteiger partial charge in [0.1, 0.15) is 13.3 Å². The predicted molar refractivity (Wildman–Crippen MR) is 413 cm³/mol. The van der Waals surface area contributed by atoms with Crippen LogP contribution < -0.4 is 21.3 Å². The maximum absolute atomic E-state index is 12.0. The lowest BCUT2D eigenvalue weighted by Crippen LogP contribution is -2.34. The van der Waals surface area contributed by atoms with Crippen LogP contribution in [-0.2, 0) is 24.0 Å². The Morgan fingerprint density at radius 3 is 1.19 bits per heavy atom. The Bertz CT molecular complexity index is 3990. The van der Waals surface area contributed by atoms with Crippen molar-refractivity contribution in [1.82, 2.24) is 40.9 Å². The molecule has 1 aliphatic carbocycles. The average molecular weight is 1470 g/mol. The number of aliphatic hydroxyl groups excluding tert-OH is 1. The van der Waals surface area contributed by atoms with Crippen molar-refractivity contribution in [3.63, 3.8) is 0 Å². The van der Waals surface area contributed by atoms with Crippen LogP contribution >= 0.6 is 0 Å². The van der Waals surface area contributed by atoms with Gasteiger partial charge in [0.05, 0.1) is 12.2 Å². The van der Waals surface area contributed by atoms with Crippen LogP contribution in [0.3, 0.4) is 0 Å². The summed E-state index contributed by atoms with van der Waals surface area (Å²) in [7, 11) is 13.9. The first kappa shape index (κ1) is 91.7. The second kappa shape index (κ2) is 54.3. The van der Waals surface area contributed by atoms with E-state index in [0.717, 1.165) is 60.8 Å². The van der Waals surface area contributed by atoms with Gasteiger partial charge < -0.3 is 56.2 Å². The number of aliphatic hydroxyl groups is 1. The lowest BCUT2D eigenvalue weighted by atomic mass is 10.1. The summed E-state index contributed by atoms with van der Waals surface area (Å²) in [4.78, 5) is 120. The zero-order valence-corrected chi connectivity index (χ0v) is 63.1. The Morgan fingerprint density at radius 2 is 0.813 bits per heavy atom. The van der Waals surface area contributed by atoms with Gasteiger partial charge in [0.2, 0.25) is 23.6 Å². The summed E-state index contributed by atoms with van der Waals surface area (Å²) in [5.41, 5.74) is 6.25. The highest BCUT2D eigenvalue weighted by Gasteiger charge is 2.24. The summed E-state index contributed by atoms with van der Waals surface area (Å²) in [5.74, 6) is 21.7. The van der Waals surface area contributed by atoms with E-state index in [-0.39, 0.29) is 85.0 Å². The first-order valence-electron chi connectivity index (χ1n) is 35.5. The third-order valence-corrected chi connectivity index (χ3v) is 15.0. The maximum Gasteiger partial charge on any atom is 0.335 e. The van der Waals surface area contributed by atoms with Crippen molar-refractivity contribution < 1.29 is 72.0 Å². The maximum atomic E-state index is 12.0. The molecule has 107 heavy (non-hydrogen) atoms. The van der Waals surface area contributed by atoms with Crippen molar-refractivity contribution in [1.29, 1.82) is 0 Å². The van der Waals surface area contributed by atoms with E-state index in [1.807, 2.05) is 48.6 Å². The number of aliphatic carboxylic acids is 1. The number of carboxylic acid groups (broad SMARTS) is 2. The number of carbonyl (C=O) groups is 10. The van der Waals surface area contributed by atoms with E-state index in [0.29, 0.717) is 104 Å². The van der Waals surface area contributed by atoms with E-state index < -0.39 is 25.3 Å². The van der Waals surface area contributed by atoms with Gasteiger partial charge in [-0.2, -0.15) is 0 Å². The zero-order valence-electron chi connectivity index (χ0n) is 63.1. The van der Waals surface area contributed by atoms with Gasteiger partial charge in [-0.15, -0.1) is 0 Å². The number of unbranched alkanes of at least 4 members (excludes halogenated alkanes) is 6. The number of carboxylic acids is 2. The molecule has 0 aliphatic heterocycles. The summed E-state index contributed by atoms with van der Waals surface area (Å²) in [6.45, 7) is 0.488. The van der Waals surface area contributed by atoms with Crippen molar-refractivity contribution in [3.8, 4) is 47.4 Å². The van der Waals surface area contributed by atoms with Crippen LogP contribution in [0.1, 0.15) is 202 Å². The fraction of sp³-hybridized carbons (Fsp3) is 0.405. The van der Waals surface area contributed by atoms with Gasteiger partial charge in [-0.1, -0.05) is 95.9 Å². The highest BCUT2D eigenvalue weighted by Crippen LogP contribution is 2.20. The van der Waals surface area contributed by atoms with E-state index in [4.69, 9.17) is 15.3 Å². The third-order valence-electron chi connectivity index (χ3n) is 15.0. The van der Waals surface area contributed by atoms with Crippen LogP contribution in [0.5, 0.6) is 0 Å². The Hall–Kier alpha value is -11.4. The van der Waals surface area contributed by atoms with Crippen LogP contribution in [-0.4, -0.2) is 196 Å². The first-order valence-corrected chi connectivity index (χ1v) is 35.5. The number of nitrogens with zero attached hydrogens (tertiary/aromatic N) is 4. The molecule has 1 unspecified atom stereocenters. The van der Waals surface area contributed by atoms with E-state index in [2.05, 4.69) is 68.6 Å². The Morgan fingerprint density at radius 1 is 0.458 bits per heavy atom. The number of allylic oxidation sites excluding steroid dienone is 1. The first-order chi connectivity index (χ1) is 51.2. The van der Waals surface area contributed by atoms with Gasteiger partial charge in [-0.05, 0) is 155 Å². The molecule has 6 rings (SSSR count). The van der Waals surface area contributed by atoms with Crippen molar-refractivity contribution in [2.45, 2.75) is 135 Å². The standard InChI is InChI=1S/C18H22N2O2.C17H23FN2O2.C17H21FN2O2.C17H21NO4.C15H17NO3/c1-20(2)17(21)10-5-3-4-7-14-8-6-9-15(13-14)18(22)19-16-11-12-16;2*1-20(2)16(21)10-5-3-4-7-14-8-6-9-15(13-14)17(22)19-12-11-18;1-13(12-19)18-17(22)15-9-6-8-14(11-15)7-4-2-3-5-10-16(20)21;1-16(2)14(17)10-5-3-4-7-12-8-6-9-13(11-12)15(18)19/h6,8-9,13,16H,3,5,10-12H2,1-2H3,(H,19,22);4,6-9,13H,3,5,10-12H2,1-2H3,(H,19,22);6,8-9,13H,3,5,10-12H2,1-2H3,(H,19,22);6,8-9,11,13,19H,2-3,5,10,12H2,1H3,(H,18,22)(H,20,21);6,8-9,11H,3,5,10H2,1-2H3,(H,18,19)/b;7-4-;;;. The monoisotopic (exact) mass is 1470 g/mol. The molecule has 572 valence electrons. The molecule has 1 aliphatic rings. The fourth-order valence-electron chi connectivity index (χ4n) is 8.72. The summed E-state index contributed by atoms with van der Waals surface area (Å²) in [6.07, 6.45) is 15.9. The van der Waals surface area contributed by atoms with Gasteiger partial charge in [0.15, 0.2) is 0 Å². The molecule has 7 N–H and O–H groups in total. The highest BCUT2D eigenvalue weighted by atomic mass is 19.1. The van der Waals surface area contributed by atoms with Gasteiger partial charge in [0.25, 0.3) is 23.6 Å². The number of aromatic carboxylic acids is 1. The number of nitrogens with one attached hydrogen (secondary N) is 4. The van der Waals surface area contributed by atoms with E-state index in [1.54, 1.807) is 162 Å². The zero-order chi connectivity index (χ0) is 79.3. The largest absolute Gasteiger partial charge is 0.481 e. The molecule has 0 saturated heterocycles. The summed E-state index contributed by atoms with van der Waals surface area (Å²) in [5, 5.41) is 36.9. The number of alkyl halides is 2. The van der Waals surface area contributed by atoms with Gasteiger partial charge >= 0.3 is 11.9 Å². The number of benzene rings is 5. The topological polar surface area (TPSA) is 292 Å². The Balaban J connectivity index is 0.000000455.